The first-order chi connectivity index (χ1) is 17.5. The van der Waals surface area contributed by atoms with Gasteiger partial charge in [0.25, 0.3) is 5.91 Å². The SMILES string of the molecule is CC(=O)N1CCCCCCCN(C(=O)c2ccc(Cl)c(N3CCCCC3)c2)Cc2ccc(CO)cc21. The molecule has 0 radical (unpaired) electrons. The molecule has 2 aliphatic rings. The number of aliphatic hydroxyl groups is 1. The van der Waals surface area contributed by atoms with Gasteiger partial charge in [-0.05, 0) is 67.5 Å². The summed E-state index contributed by atoms with van der Waals surface area (Å²) < 4.78 is 0. The molecule has 1 saturated heterocycles. The molecule has 0 spiro atoms. The normalized spacial score (nSPS) is 17.7. The van der Waals surface area contributed by atoms with Crippen LogP contribution in [0.5, 0.6) is 0 Å². The number of hydrogen-bond acceptors (Lipinski definition) is 4. The molecule has 2 amide bonds. The maximum atomic E-state index is 13.9. The van der Waals surface area contributed by atoms with Crippen molar-refractivity contribution in [2.45, 2.75) is 71.4 Å². The highest BCUT2D eigenvalue weighted by Gasteiger charge is 2.23. The van der Waals surface area contributed by atoms with Gasteiger partial charge >= 0.3 is 0 Å². The van der Waals surface area contributed by atoms with Crippen molar-refractivity contribution in [1.29, 1.82) is 0 Å². The Hall–Kier alpha value is -2.57. The van der Waals surface area contributed by atoms with E-state index in [0.29, 0.717) is 30.2 Å². The first kappa shape index (κ1) is 26.5. The zero-order valence-electron chi connectivity index (χ0n) is 21.3. The molecule has 2 heterocycles. The molecule has 0 bridgehead atoms. The topological polar surface area (TPSA) is 64.1 Å². The molecule has 6 nitrogen and oxygen atoms in total. The molecule has 36 heavy (non-hydrogen) atoms. The number of hydrogen-bond donors (Lipinski definition) is 1. The van der Waals surface area contributed by atoms with Gasteiger partial charge in [-0.25, -0.2) is 0 Å². The second-order valence-corrected chi connectivity index (χ2v) is 10.4. The largest absolute Gasteiger partial charge is 0.392 e. The maximum Gasteiger partial charge on any atom is 0.254 e. The summed E-state index contributed by atoms with van der Waals surface area (Å²) in [7, 11) is 0. The third kappa shape index (κ3) is 6.40. The van der Waals surface area contributed by atoms with E-state index in [2.05, 4.69) is 4.90 Å². The fourth-order valence-corrected chi connectivity index (χ4v) is 5.54. The Kier molecular flexibility index (Phi) is 9.27. The molecule has 0 atom stereocenters. The average Bonchev–Trinajstić information content (AvgIpc) is 2.89. The van der Waals surface area contributed by atoms with Crippen LogP contribution in [0.1, 0.15) is 79.8 Å². The van der Waals surface area contributed by atoms with Crippen LogP contribution >= 0.6 is 11.6 Å². The number of halogens is 1. The van der Waals surface area contributed by atoms with Crippen LogP contribution in [-0.2, 0) is 17.9 Å². The zero-order valence-corrected chi connectivity index (χ0v) is 22.1. The van der Waals surface area contributed by atoms with Crippen molar-refractivity contribution >= 4 is 34.8 Å². The van der Waals surface area contributed by atoms with Crippen LogP contribution in [0.2, 0.25) is 5.02 Å². The van der Waals surface area contributed by atoms with Gasteiger partial charge in [0, 0.05) is 50.9 Å². The second-order valence-electron chi connectivity index (χ2n) is 10.0. The highest BCUT2D eigenvalue weighted by molar-refractivity contribution is 6.33. The van der Waals surface area contributed by atoms with E-state index < -0.39 is 0 Å². The highest BCUT2D eigenvalue weighted by atomic mass is 35.5. The van der Waals surface area contributed by atoms with Crippen LogP contribution in [0.3, 0.4) is 0 Å². The van der Waals surface area contributed by atoms with Crippen LogP contribution in [0.4, 0.5) is 11.4 Å². The summed E-state index contributed by atoms with van der Waals surface area (Å²) in [6.45, 7) is 5.12. The first-order valence-corrected chi connectivity index (χ1v) is 13.7. The van der Waals surface area contributed by atoms with E-state index in [1.807, 2.05) is 41.3 Å². The summed E-state index contributed by atoms with van der Waals surface area (Å²) in [6, 6.07) is 11.3. The van der Waals surface area contributed by atoms with Crippen LogP contribution in [-0.4, -0.2) is 48.0 Å². The van der Waals surface area contributed by atoms with Gasteiger partial charge in [0.05, 0.1) is 17.3 Å². The van der Waals surface area contributed by atoms with Gasteiger partial charge in [-0.2, -0.15) is 0 Å². The predicted octanol–water partition coefficient (Wildman–Crippen LogP) is 5.78. The summed E-state index contributed by atoms with van der Waals surface area (Å²) in [4.78, 5) is 32.4. The minimum absolute atomic E-state index is 0.0199. The number of amides is 2. The van der Waals surface area contributed by atoms with Crippen LogP contribution in [0.15, 0.2) is 36.4 Å². The summed E-state index contributed by atoms with van der Waals surface area (Å²) in [5.74, 6) is -0.0429. The van der Waals surface area contributed by atoms with E-state index in [1.54, 1.807) is 11.8 Å². The molecule has 2 aromatic carbocycles. The van der Waals surface area contributed by atoms with Crippen molar-refractivity contribution < 1.29 is 14.7 Å². The third-order valence-electron chi connectivity index (χ3n) is 7.35. The second kappa shape index (κ2) is 12.6. The smallest absolute Gasteiger partial charge is 0.254 e. The highest BCUT2D eigenvalue weighted by Crippen LogP contribution is 2.31. The first-order valence-electron chi connectivity index (χ1n) is 13.3. The van der Waals surface area contributed by atoms with Crippen LogP contribution < -0.4 is 9.80 Å². The maximum absolute atomic E-state index is 13.9. The van der Waals surface area contributed by atoms with E-state index in [4.69, 9.17) is 11.6 Å². The van der Waals surface area contributed by atoms with Crippen molar-refractivity contribution in [2.24, 2.45) is 0 Å². The standard InChI is InChI=1S/C29H38ClN3O3/c1-22(35)33-17-9-4-2-3-6-16-32(20-25-11-10-23(21-34)18-27(25)33)29(36)24-12-13-26(30)28(19-24)31-14-7-5-8-15-31/h10-13,18-19,34H,2-9,14-17,20-21H2,1H3. The fourth-order valence-electron chi connectivity index (χ4n) is 5.31. The molecule has 0 aliphatic carbocycles. The number of fused-ring (bicyclic) bond motifs is 1. The lowest BCUT2D eigenvalue weighted by Gasteiger charge is -2.31. The lowest BCUT2D eigenvalue weighted by molar-refractivity contribution is -0.116. The summed E-state index contributed by atoms with van der Waals surface area (Å²) in [6.07, 6.45) is 8.57. The molecule has 7 heteroatoms. The number of piperidine rings is 1. The number of anilines is 2. The van der Waals surface area contributed by atoms with Gasteiger partial charge in [-0.15, -0.1) is 0 Å². The lowest BCUT2D eigenvalue weighted by atomic mass is 10.0. The Balaban J connectivity index is 1.67. The molecule has 4 rings (SSSR count). The molecule has 2 aromatic rings. The molecule has 0 aromatic heterocycles. The fraction of sp³-hybridized carbons (Fsp3) is 0.517. The number of aliphatic hydroxyl groups excluding tert-OH is 1. The zero-order chi connectivity index (χ0) is 25.5. The van der Waals surface area contributed by atoms with E-state index in [0.717, 1.165) is 80.5 Å². The van der Waals surface area contributed by atoms with Crippen molar-refractivity contribution in [3.8, 4) is 0 Å². The molecule has 1 fully saturated rings. The van der Waals surface area contributed by atoms with Gasteiger partial charge in [-0.3, -0.25) is 9.59 Å². The Morgan fingerprint density at radius 3 is 2.22 bits per heavy atom. The van der Waals surface area contributed by atoms with Crippen molar-refractivity contribution in [2.75, 3.05) is 36.0 Å². The Morgan fingerprint density at radius 2 is 1.50 bits per heavy atom. The summed E-state index contributed by atoms with van der Waals surface area (Å²) >= 11 is 6.56. The predicted molar refractivity (Wildman–Crippen MR) is 146 cm³/mol. The van der Waals surface area contributed by atoms with Gasteiger partial charge < -0.3 is 19.8 Å². The van der Waals surface area contributed by atoms with E-state index in [9.17, 15) is 14.7 Å². The molecular formula is C29H38ClN3O3. The van der Waals surface area contributed by atoms with Gasteiger partial charge in [0.15, 0.2) is 0 Å². The number of carbonyl (C=O) groups is 2. The molecule has 1 N–H and O–H groups in total. The van der Waals surface area contributed by atoms with E-state index >= 15 is 0 Å². The van der Waals surface area contributed by atoms with E-state index in [-0.39, 0.29) is 18.4 Å². The minimum Gasteiger partial charge on any atom is -0.392 e. The third-order valence-corrected chi connectivity index (χ3v) is 7.67. The minimum atomic E-state index is -0.0915. The molecule has 2 aliphatic heterocycles. The number of benzene rings is 2. The van der Waals surface area contributed by atoms with Crippen molar-refractivity contribution in [1.82, 2.24) is 4.90 Å². The van der Waals surface area contributed by atoms with Gasteiger partial charge in [-0.1, -0.05) is 43.0 Å². The Morgan fingerprint density at radius 1 is 0.833 bits per heavy atom. The van der Waals surface area contributed by atoms with Crippen molar-refractivity contribution in [3.05, 3.63) is 58.1 Å². The molecule has 194 valence electrons. The van der Waals surface area contributed by atoms with E-state index in [1.165, 1.54) is 6.42 Å². The quantitative estimate of drug-likeness (QED) is 0.567. The summed E-state index contributed by atoms with van der Waals surface area (Å²) in [5.41, 5.74) is 4.05. The molecule has 0 saturated carbocycles. The summed E-state index contributed by atoms with van der Waals surface area (Å²) in [5, 5.41) is 10.4. The van der Waals surface area contributed by atoms with Gasteiger partial charge in [0.2, 0.25) is 5.91 Å². The monoisotopic (exact) mass is 511 g/mol. The van der Waals surface area contributed by atoms with Crippen LogP contribution in [0, 0.1) is 0 Å². The lowest BCUT2D eigenvalue weighted by Crippen LogP contribution is -2.35. The van der Waals surface area contributed by atoms with Crippen LogP contribution in [0.25, 0.3) is 0 Å². The number of nitrogens with zero attached hydrogens (tertiary/aromatic N) is 3. The molecular weight excluding hydrogens is 474 g/mol. The van der Waals surface area contributed by atoms with Gasteiger partial charge in [0.1, 0.15) is 0 Å². The average molecular weight is 512 g/mol. The number of carbonyl (C=O) groups excluding carboxylic acids is 2. The Labute approximate surface area is 219 Å². The Bertz CT molecular complexity index is 1070. The van der Waals surface area contributed by atoms with Crippen molar-refractivity contribution in [3.63, 3.8) is 0 Å². The number of rotatable bonds is 3. The molecule has 0 unspecified atom stereocenters.